The van der Waals surface area contributed by atoms with Crippen molar-refractivity contribution in [2.45, 2.75) is 0 Å². The Balaban J connectivity index is 2.40. The highest BCUT2D eigenvalue weighted by molar-refractivity contribution is 5.97. The van der Waals surface area contributed by atoms with E-state index in [2.05, 4.69) is 15.2 Å². The lowest BCUT2D eigenvalue weighted by Gasteiger charge is -2.08. The highest BCUT2D eigenvalue weighted by Gasteiger charge is 2.17. The van der Waals surface area contributed by atoms with Gasteiger partial charge in [0.25, 0.3) is 5.69 Å². The van der Waals surface area contributed by atoms with Gasteiger partial charge in [0.1, 0.15) is 0 Å². The van der Waals surface area contributed by atoms with Gasteiger partial charge in [-0.15, -0.1) is 0 Å². The molecule has 1 N–H and O–H groups in total. The fourth-order valence-electron chi connectivity index (χ4n) is 1.67. The summed E-state index contributed by atoms with van der Waals surface area (Å²) in [5, 5.41) is 17.7. The van der Waals surface area contributed by atoms with Crippen LogP contribution in [0.5, 0.6) is 0 Å². The molecule has 0 spiro atoms. The molecule has 0 saturated carbocycles. The molecule has 2 aromatic rings. The maximum Gasteiger partial charge on any atom is 0.340 e. The van der Waals surface area contributed by atoms with E-state index >= 15 is 0 Å². The molecule has 8 nitrogen and oxygen atoms in total. The molecule has 0 aliphatic carbocycles. The number of hydrogen-bond donors (Lipinski definition) is 1. The van der Waals surface area contributed by atoms with E-state index < -0.39 is 10.9 Å². The first-order chi connectivity index (χ1) is 9.51. The Hall–Kier alpha value is -2.90. The molecule has 2 rings (SSSR count). The van der Waals surface area contributed by atoms with E-state index in [-0.39, 0.29) is 11.3 Å². The Morgan fingerprint density at radius 3 is 2.80 bits per heavy atom. The van der Waals surface area contributed by atoms with Crippen LogP contribution in [0.3, 0.4) is 0 Å². The number of aromatic nitrogens is 2. The smallest absolute Gasteiger partial charge is 0.340 e. The molecule has 0 radical (unpaired) electrons. The van der Waals surface area contributed by atoms with Crippen LogP contribution in [0, 0.1) is 10.1 Å². The van der Waals surface area contributed by atoms with Gasteiger partial charge in [-0.25, -0.2) is 4.79 Å². The van der Waals surface area contributed by atoms with Crippen LogP contribution in [0.4, 0.5) is 17.1 Å². The second-order valence-corrected chi connectivity index (χ2v) is 4.01. The minimum atomic E-state index is -0.653. The van der Waals surface area contributed by atoms with Crippen molar-refractivity contribution >= 4 is 23.0 Å². The molecule has 0 aliphatic rings. The van der Waals surface area contributed by atoms with Crippen LogP contribution in [0.25, 0.3) is 0 Å². The average Bonchev–Trinajstić information content (AvgIpc) is 2.83. The number of methoxy groups -OCH3 is 1. The number of aryl methyl sites for hydroxylation is 1. The van der Waals surface area contributed by atoms with Crippen molar-refractivity contribution in [2.75, 3.05) is 12.4 Å². The second kappa shape index (κ2) is 5.39. The first kappa shape index (κ1) is 13.5. The molecule has 1 aromatic heterocycles. The predicted octanol–water partition coefficient (Wildman–Crippen LogP) is 1.86. The van der Waals surface area contributed by atoms with Gasteiger partial charge in [-0.05, 0) is 6.07 Å². The third-order valence-corrected chi connectivity index (χ3v) is 2.60. The summed E-state index contributed by atoms with van der Waals surface area (Å²) in [6, 6.07) is 3.94. The first-order valence-electron chi connectivity index (χ1n) is 5.63. The standard InChI is InChI=1S/C12H12N4O4/c1-15-7-8(6-13-15)14-11-4-3-9(16(18)19)5-10(11)12(17)20-2/h3-7,14H,1-2H3. The average molecular weight is 276 g/mol. The van der Waals surface area contributed by atoms with E-state index in [4.69, 9.17) is 0 Å². The molecule has 0 saturated heterocycles. The van der Waals surface area contributed by atoms with E-state index in [0.717, 1.165) is 0 Å². The highest BCUT2D eigenvalue weighted by Crippen LogP contribution is 2.25. The van der Waals surface area contributed by atoms with Gasteiger partial charge in [0.15, 0.2) is 0 Å². The van der Waals surface area contributed by atoms with Crippen molar-refractivity contribution in [3.05, 3.63) is 46.3 Å². The number of nitrogens with one attached hydrogen (secondary N) is 1. The third-order valence-electron chi connectivity index (χ3n) is 2.60. The molecular weight excluding hydrogens is 264 g/mol. The SMILES string of the molecule is COC(=O)c1cc([N+](=O)[O-])ccc1Nc1cnn(C)c1. The van der Waals surface area contributed by atoms with Crippen LogP contribution < -0.4 is 5.32 Å². The zero-order chi connectivity index (χ0) is 14.7. The largest absolute Gasteiger partial charge is 0.465 e. The number of nitro benzene ring substituents is 1. The lowest BCUT2D eigenvalue weighted by molar-refractivity contribution is -0.384. The minimum Gasteiger partial charge on any atom is -0.465 e. The molecule has 104 valence electrons. The molecule has 8 heteroatoms. The van der Waals surface area contributed by atoms with E-state index in [9.17, 15) is 14.9 Å². The third kappa shape index (κ3) is 2.74. The van der Waals surface area contributed by atoms with Gasteiger partial charge in [-0.1, -0.05) is 0 Å². The summed E-state index contributed by atoms with van der Waals surface area (Å²) >= 11 is 0. The van der Waals surface area contributed by atoms with Gasteiger partial charge in [0.05, 0.1) is 35.2 Å². The number of hydrogen-bond acceptors (Lipinski definition) is 6. The maximum atomic E-state index is 11.7. The molecule has 0 atom stereocenters. The lowest BCUT2D eigenvalue weighted by Crippen LogP contribution is -2.06. The number of carbonyl (C=O) groups is 1. The summed E-state index contributed by atoms with van der Waals surface area (Å²) in [7, 11) is 2.97. The lowest BCUT2D eigenvalue weighted by atomic mass is 10.1. The Morgan fingerprint density at radius 1 is 1.50 bits per heavy atom. The minimum absolute atomic E-state index is 0.0885. The van der Waals surface area contributed by atoms with Gasteiger partial charge in [0.2, 0.25) is 0 Å². The summed E-state index contributed by atoms with van der Waals surface area (Å²) in [6.07, 6.45) is 3.28. The molecule has 0 fully saturated rings. The van der Waals surface area contributed by atoms with Gasteiger partial charge >= 0.3 is 5.97 Å². The van der Waals surface area contributed by atoms with Crippen molar-refractivity contribution in [2.24, 2.45) is 7.05 Å². The molecular formula is C12H12N4O4. The Morgan fingerprint density at radius 2 is 2.25 bits per heavy atom. The van der Waals surface area contributed by atoms with Crippen LogP contribution >= 0.6 is 0 Å². The number of nitro groups is 1. The Bertz CT molecular complexity index is 665. The molecule has 1 heterocycles. The van der Waals surface area contributed by atoms with Crippen molar-refractivity contribution < 1.29 is 14.5 Å². The van der Waals surface area contributed by atoms with Gasteiger partial charge in [0, 0.05) is 25.4 Å². The molecule has 1 aromatic carbocycles. The monoisotopic (exact) mass is 276 g/mol. The molecule has 20 heavy (non-hydrogen) atoms. The number of nitrogens with zero attached hydrogens (tertiary/aromatic N) is 3. The van der Waals surface area contributed by atoms with Crippen LogP contribution in [-0.4, -0.2) is 27.8 Å². The number of esters is 1. The first-order valence-corrected chi connectivity index (χ1v) is 5.63. The fourth-order valence-corrected chi connectivity index (χ4v) is 1.67. The van der Waals surface area contributed by atoms with Crippen LogP contribution in [0.1, 0.15) is 10.4 Å². The number of anilines is 2. The van der Waals surface area contributed by atoms with Crippen LogP contribution in [0.2, 0.25) is 0 Å². The molecule has 0 aliphatic heterocycles. The summed E-state index contributed by atoms with van der Waals surface area (Å²) in [5.74, 6) is -0.653. The van der Waals surface area contributed by atoms with E-state index in [1.54, 1.807) is 24.1 Å². The summed E-state index contributed by atoms with van der Waals surface area (Å²) < 4.78 is 6.22. The van der Waals surface area contributed by atoms with Gasteiger partial charge in [-0.3, -0.25) is 14.8 Å². The highest BCUT2D eigenvalue weighted by atomic mass is 16.6. The topological polar surface area (TPSA) is 99.3 Å². The number of rotatable bonds is 4. The number of non-ortho nitro benzene ring substituents is 1. The van der Waals surface area contributed by atoms with Crippen LogP contribution in [0.15, 0.2) is 30.6 Å². The zero-order valence-corrected chi connectivity index (χ0v) is 10.9. The number of ether oxygens (including phenoxy) is 1. The molecule has 0 amide bonds. The van der Waals surface area contributed by atoms with Crippen molar-refractivity contribution in [3.8, 4) is 0 Å². The van der Waals surface area contributed by atoms with Crippen molar-refractivity contribution in [3.63, 3.8) is 0 Å². The normalized spacial score (nSPS) is 10.1. The van der Waals surface area contributed by atoms with Crippen LogP contribution in [-0.2, 0) is 11.8 Å². The number of carbonyl (C=O) groups excluding carboxylic acids is 1. The summed E-state index contributed by atoms with van der Waals surface area (Å²) in [4.78, 5) is 21.9. The Kier molecular flexibility index (Phi) is 3.65. The fraction of sp³-hybridized carbons (Fsp3) is 0.167. The van der Waals surface area contributed by atoms with E-state index in [1.807, 2.05) is 0 Å². The van der Waals surface area contributed by atoms with Crippen molar-refractivity contribution in [1.29, 1.82) is 0 Å². The maximum absolute atomic E-state index is 11.7. The zero-order valence-electron chi connectivity index (χ0n) is 10.9. The van der Waals surface area contributed by atoms with Crippen molar-refractivity contribution in [1.82, 2.24) is 9.78 Å². The molecule has 0 bridgehead atoms. The quantitative estimate of drug-likeness (QED) is 0.519. The second-order valence-electron chi connectivity index (χ2n) is 4.01. The Labute approximate surface area is 114 Å². The summed E-state index contributed by atoms with van der Waals surface area (Å²) in [6.45, 7) is 0. The van der Waals surface area contributed by atoms with E-state index in [1.165, 1.54) is 25.3 Å². The van der Waals surface area contributed by atoms with Gasteiger partial charge in [-0.2, -0.15) is 5.10 Å². The molecule has 0 unspecified atom stereocenters. The number of benzene rings is 1. The van der Waals surface area contributed by atoms with E-state index in [0.29, 0.717) is 11.4 Å². The predicted molar refractivity (Wildman–Crippen MR) is 70.9 cm³/mol. The summed E-state index contributed by atoms with van der Waals surface area (Å²) in [5.41, 5.74) is 0.981. The van der Waals surface area contributed by atoms with Gasteiger partial charge < -0.3 is 10.1 Å².